The molecular formula is C20H20N4O3. The minimum atomic E-state index is -0.612. The molecule has 2 aromatic heterocycles. The van der Waals surface area contributed by atoms with Gasteiger partial charge in [0.25, 0.3) is 11.5 Å². The zero-order valence-corrected chi connectivity index (χ0v) is 14.8. The number of nitrogens with zero attached hydrogens (tertiary/aromatic N) is 2. The SMILES string of the molecule is O=C(c1cnc2[nH]c(=O)[nH]c(=O)c2c1)N1CCC(Cc2ccccc2)CC1. The molecule has 27 heavy (non-hydrogen) atoms. The second-order valence-electron chi connectivity index (χ2n) is 6.95. The lowest BCUT2D eigenvalue weighted by Crippen LogP contribution is -2.39. The maximum atomic E-state index is 12.8. The Hall–Kier alpha value is -3.22. The number of amides is 1. The molecule has 1 aliphatic rings. The van der Waals surface area contributed by atoms with E-state index >= 15 is 0 Å². The fraction of sp³-hybridized carbons (Fsp3) is 0.300. The number of piperidine rings is 1. The first-order valence-corrected chi connectivity index (χ1v) is 9.06. The summed E-state index contributed by atoms with van der Waals surface area (Å²) in [6.07, 6.45) is 4.35. The molecule has 0 spiro atoms. The average Bonchev–Trinajstić information content (AvgIpc) is 2.68. The molecule has 3 heterocycles. The molecule has 0 unspecified atom stereocenters. The fourth-order valence-corrected chi connectivity index (χ4v) is 3.63. The summed E-state index contributed by atoms with van der Waals surface area (Å²) >= 11 is 0. The van der Waals surface area contributed by atoms with E-state index in [1.807, 2.05) is 11.0 Å². The molecular weight excluding hydrogens is 344 g/mol. The van der Waals surface area contributed by atoms with Gasteiger partial charge in [-0.05, 0) is 36.8 Å². The van der Waals surface area contributed by atoms with Gasteiger partial charge in [-0.1, -0.05) is 30.3 Å². The van der Waals surface area contributed by atoms with Crippen LogP contribution >= 0.6 is 0 Å². The molecule has 1 fully saturated rings. The Labute approximate surface area is 155 Å². The van der Waals surface area contributed by atoms with Crippen molar-refractivity contribution < 1.29 is 4.79 Å². The van der Waals surface area contributed by atoms with Crippen molar-refractivity contribution in [2.24, 2.45) is 5.92 Å². The van der Waals surface area contributed by atoms with Gasteiger partial charge in [-0.2, -0.15) is 0 Å². The molecule has 138 valence electrons. The Morgan fingerprint density at radius 2 is 1.85 bits per heavy atom. The van der Waals surface area contributed by atoms with E-state index < -0.39 is 11.2 Å². The molecule has 1 saturated heterocycles. The number of benzene rings is 1. The van der Waals surface area contributed by atoms with E-state index in [0.29, 0.717) is 24.6 Å². The second kappa shape index (κ2) is 7.19. The van der Waals surface area contributed by atoms with Crippen LogP contribution in [0.3, 0.4) is 0 Å². The number of nitrogens with one attached hydrogen (secondary N) is 2. The predicted octanol–water partition coefficient (Wildman–Crippen LogP) is 1.71. The zero-order valence-electron chi connectivity index (χ0n) is 14.8. The smallest absolute Gasteiger partial charge is 0.327 e. The Morgan fingerprint density at radius 3 is 2.59 bits per heavy atom. The van der Waals surface area contributed by atoms with Crippen molar-refractivity contribution in [2.45, 2.75) is 19.3 Å². The third-order valence-corrected chi connectivity index (χ3v) is 5.11. The lowest BCUT2D eigenvalue weighted by molar-refractivity contribution is 0.0690. The maximum Gasteiger partial charge on any atom is 0.327 e. The Bertz CT molecular complexity index is 1080. The number of likely N-dealkylation sites (tertiary alicyclic amines) is 1. The van der Waals surface area contributed by atoms with Crippen LogP contribution in [0.25, 0.3) is 11.0 Å². The summed E-state index contributed by atoms with van der Waals surface area (Å²) in [6.45, 7) is 1.38. The summed E-state index contributed by atoms with van der Waals surface area (Å²) in [7, 11) is 0. The van der Waals surface area contributed by atoms with Crippen LogP contribution in [0.15, 0.2) is 52.2 Å². The van der Waals surface area contributed by atoms with Gasteiger partial charge in [-0.15, -0.1) is 0 Å². The van der Waals surface area contributed by atoms with Crippen molar-refractivity contribution in [3.8, 4) is 0 Å². The highest BCUT2D eigenvalue weighted by molar-refractivity contribution is 5.96. The molecule has 7 heteroatoms. The van der Waals surface area contributed by atoms with Crippen molar-refractivity contribution in [3.63, 3.8) is 0 Å². The minimum Gasteiger partial charge on any atom is -0.339 e. The molecule has 3 aromatic rings. The Kier molecular flexibility index (Phi) is 4.58. The van der Waals surface area contributed by atoms with E-state index in [1.165, 1.54) is 17.8 Å². The fourth-order valence-electron chi connectivity index (χ4n) is 3.63. The molecule has 0 saturated carbocycles. The normalized spacial score (nSPS) is 15.2. The molecule has 0 atom stereocenters. The van der Waals surface area contributed by atoms with Gasteiger partial charge in [-0.25, -0.2) is 9.78 Å². The topological polar surface area (TPSA) is 98.9 Å². The highest BCUT2D eigenvalue weighted by Crippen LogP contribution is 2.23. The zero-order chi connectivity index (χ0) is 18.8. The number of pyridine rings is 1. The number of carbonyl (C=O) groups excluding carboxylic acids is 1. The summed E-state index contributed by atoms with van der Waals surface area (Å²) in [5.74, 6) is 0.437. The summed E-state index contributed by atoms with van der Waals surface area (Å²) in [5, 5.41) is 0.208. The lowest BCUT2D eigenvalue weighted by Gasteiger charge is -2.32. The highest BCUT2D eigenvalue weighted by Gasteiger charge is 2.24. The summed E-state index contributed by atoms with van der Waals surface area (Å²) in [4.78, 5) is 46.5. The minimum absolute atomic E-state index is 0.131. The molecule has 2 N–H and O–H groups in total. The third-order valence-electron chi connectivity index (χ3n) is 5.11. The van der Waals surface area contributed by atoms with Gasteiger partial charge in [0.2, 0.25) is 0 Å². The van der Waals surface area contributed by atoms with Gasteiger partial charge in [0, 0.05) is 19.3 Å². The largest absolute Gasteiger partial charge is 0.339 e. The quantitative estimate of drug-likeness (QED) is 0.739. The number of rotatable bonds is 3. The highest BCUT2D eigenvalue weighted by atomic mass is 16.2. The lowest BCUT2D eigenvalue weighted by atomic mass is 9.90. The van der Waals surface area contributed by atoms with Crippen LogP contribution in [0, 0.1) is 5.92 Å². The van der Waals surface area contributed by atoms with Gasteiger partial charge in [0.1, 0.15) is 5.65 Å². The van der Waals surface area contributed by atoms with Crippen LogP contribution in [0.1, 0.15) is 28.8 Å². The Morgan fingerprint density at radius 1 is 1.11 bits per heavy atom. The number of aromatic nitrogens is 3. The molecule has 0 bridgehead atoms. The van der Waals surface area contributed by atoms with E-state index in [2.05, 4.69) is 39.2 Å². The first kappa shape index (κ1) is 17.2. The molecule has 0 aliphatic carbocycles. The predicted molar refractivity (Wildman–Crippen MR) is 102 cm³/mol. The average molecular weight is 364 g/mol. The number of aromatic amines is 2. The monoisotopic (exact) mass is 364 g/mol. The van der Waals surface area contributed by atoms with Crippen LogP contribution in [0.4, 0.5) is 0 Å². The number of hydrogen-bond acceptors (Lipinski definition) is 4. The van der Waals surface area contributed by atoms with Crippen LogP contribution in [-0.4, -0.2) is 38.8 Å². The van der Waals surface area contributed by atoms with Crippen LogP contribution in [0.5, 0.6) is 0 Å². The number of H-pyrrole nitrogens is 2. The summed E-state index contributed by atoms with van der Waals surface area (Å²) in [5.41, 5.74) is 0.717. The van der Waals surface area contributed by atoms with Gasteiger partial charge < -0.3 is 4.90 Å². The first-order chi connectivity index (χ1) is 13.1. The number of fused-ring (bicyclic) bond motifs is 1. The summed E-state index contributed by atoms with van der Waals surface area (Å²) in [6, 6.07) is 11.9. The first-order valence-electron chi connectivity index (χ1n) is 9.06. The van der Waals surface area contributed by atoms with E-state index in [0.717, 1.165) is 19.3 Å². The van der Waals surface area contributed by atoms with Crippen molar-refractivity contribution in [2.75, 3.05) is 13.1 Å². The van der Waals surface area contributed by atoms with Crippen molar-refractivity contribution in [3.05, 3.63) is 74.6 Å². The molecule has 7 nitrogen and oxygen atoms in total. The van der Waals surface area contributed by atoms with Gasteiger partial charge in [-0.3, -0.25) is 19.6 Å². The standard InChI is InChI=1S/C20H20N4O3/c25-18-16-11-15(12-21-17(16)22-20(27)23-18)19(26)24-8-6-14(7-9-24)10-13-4-2-1-3-5-13/h1-5,11-12,14H,6-10H2,(H2,21,22,23,25,27). The van der Waals surface area contributed by atoms with E-state index in [9.17, 15) is 14.4 Å². The number of hydrogen-bond donors (Lipinski definition) is 2. The van der Waals surface area contributed by atoms with Crippen molar-refractivity contribution >= 4 is 16.9 Å². The molecule has 1 aromatic carbocycles. The summed E-state index contributed by atoms with van der Waals surface area (Å²) < 4.78 is 0. The number of carbonyl (C=O) groups is 1. The maximum absolute atomic E-state index is 12.8. The Balaban J connectivity index is 1.45. The van der Waals surface area contributed by atoms with Crippen molar-refractivity contribution in [1.29, 1.82) is 0 Å². The molecule has 1 amide bonds. The van der Waals surface area contributed by atoms with Crippen molar-refractivity contribution in [1.82, 2.24) is 19.9 Å². The van der Waals surface area contributed by atoms with Gasteiger partial charge in [0.05, 0.1) is 10.9 Å². The molecule has 1 aliphatic heterocycles. The second-order valence-corrected chi connectivity index (χ2v) is 6.95. The molecule has 0 radical (unpaired) electrons. The van der Waals surface area contributed by atoms with E-state index in [-0.39, 0.29) is 16.9 Å². The molecule has 4 rings (SSSR count). The van der Waals surface area contributed by atoms with Crippen LogP contribution in [0.2, 0.25) is 0 Å². The van der Waals surface area contributed by atoms with Crippen LogP contribution < -0.4 is 11.2 Å². The van der Waals surface area contributed by atoms with E-state index in [1.54, 1.807) is 0 Å². The van der Waals surface area contributed by atoms with E-state index in [4.69, 9.17) is 0 Å². The van der Waals surface area contributed by atoms with Gasteiger partial charge >= 0.3 is 5.69 Å². The third kappa shape index (κ3) is 3.67. The van der Waals surface area contributed by atoms with Crippen LogP contribution in [-0.2, 0) is 6.42 Å². The van der Waals surface area contributed by atoms with Gasteiger partial charge in [0.15, 0.2) is 0 Å².